The fraction of sp³-hybridized carbons (Fsp3) is 0.176. The van der Waals surface area contributed by atoms with E-state index in [1.165, 1.54) is 0 Å². The third kappa shape index (κ3) is 2.28. The lowest BCUT2D eigenvalue weighted by Gasteiger charge is -2.23. The fourth-order valence-corrected chi connectivity index (χ4v) is 2.71. The van der Waals surface area contributed by atoms with E-state index in [1.54, 1.807) is 23.1 Å². The van der Waals surface area contributed by atoms with Crippen molar-refractivity contribution in [1.82, 2.24) is 14.8 Å². The number of aryl methyl sites for hydroxylation is 1. The topological polar surface area (TPSA) is 76.1 Å². The standard InChI is InChI=1S/C17H16N4O2/c1-2-16-19-17-18-12(11-6-3-4-7-14(11)22)10-13(21(17)20-16)15-8-5-9-23-15/h3-10,13,22H,2H2,1H3,(H,18,19,20)/t13-/m1/s1. The Morgan fingerprint density at radius 1 is 1.26 bits per heavy atom. The van der Waals surface area contributed by atoms with Gasteiger partial charge in [-0.2, -0.15) is 10.1 Å². The van der Waals surface area contributed by atoms with Crippen LogP contribution in [0.3, 0.4) is 0 Å². The van der Waals surface area contributed by atoms with E-state index >= 15 is 0 Å². The lowest BCUT2D eigenvalue weighted by molar-refractivity contribution is 0.446. The quantitative estimate of drug-likeness (QED) is 0.777. The molecule has 3 aromatic rings. The Labute approximate surface area is 133 Å². The predicted molar refractivity (Wildman–Crippen MR) is 86.0 cm³/mol. The van der Waals surface area contributed by atoms with E-state index in [4.69, 9.17) is 4.42 Å². The van der Waals surface area contributed by atoms with Gasteiger partial charge in [0.1, 0.15) is 17.6 Å². The van der Waals surface area contributed by atoms with E-state index < -0.39 is 0 Å². The molecule has 6 heteroatoms. The SMILES string of the molecule is CCc1nc2n(n1)[C@@H](c1ccco1)C=C(c1ccccc1O)N2. The zero-order valence-electron chi connectivity index (χ0n) is 12.6. The molecular weight excluding hydrogens is 292 g/mol. The van der Waals surface area contributed by atoms with Gasteiger partial charge in [0.15, 0.2) is 5.82 Å². The first-order valence-corrected chi connectivity index (χ1v) is 7.52. The van der Waals surface area contributed by atoms with Crippen LogP contribution in [0.15, 0.2) is 53.2 Å². The maximum absolute atomic E-state index is 10.1. The van der Waals surface area contributed by atoms with E-state index in [0.717, 1.165) is 29.3 Å². The second-order valence-electron chi connectivity index (χ2n) is 5.33. The third-order valence-corrected chi connectivity index (χ3v) is 3.85. The highest BCUT2D eigenvalue weighted by Crippen LogP contribution is 2.35. The Kier molecular flexibility index (Phi) is 3.15. The number of phenolic OH excluding ortho intramolecular Hbond substituents is 1. The molecule has 116 valence electrons. The molecule has 6 nitrogen and oxygen atoms in total. The molecule has 1 atom stereocenters. The number of benzene rings is 1. The molecule has 0 aliphatic carbocycles. The molecule has 0 amide bonds. The van der Waals surface area contributed by atoms with Gasteiger partial charge in [0, 0.05) is 12.0 Å². The van der Waals surface area contributed by atoms with E-state index in [0.29, 0.717) is 5.95 Å². The lowest BCUT2D eigenvalue weighted by atomic mass is 10.1. The van der Waals surface area contributed by atoms with Gasteiger partial charge in [-0.05, 0) is 30.3 Å². The minimum Gasteiger partial charge on any atom is -0.507 e. The van der Waals surface area contributed by atoms with Gasteiger partial charge in [-0.3, -0.25) is 0 Å². The molecule has 1 aliphatic heterocycles. The Morgan fingerprint density at radius 2 is 2.13 bits per heavy atom. The van der Waals surface area contributed by atoms with Gasteiger partial charge in [-0.15, -0.1) is 0 Å². The van der Waals surface area contributed by atoms with Crippen LogP contribution in [0.2, 0.25) is 0 Å². The van der Waals surface area contributed by atoms with Gasteiger partial charge >= 0.3 is 0 Å². The summed E-state index contributed by atoms with van der Waals surface area (Å²) in [7, 11) is 0. The number of hydrogen-bond donors (Lipinski definition) is 2. The van der Waals surface area contributed by atoms with Crippen LogP contribution in [-0.4, -0.2) is 19.9 Å². The van der Waals surface area contributed by atoms with Crippen molar-refractivity contribution in [2.75, 3.05) is 5.32 Å². The number of rotatable bonds is 3. The van der Waals surface area contributed by atoms with Gasteiger partial charge in [-0.25, -0.2) is 4.68 Å². The molecule has 4 rings (SSSR count). The highest BCUT2D eigenvalue weighted by atomic mass is 16.3. The summed E-state index contributed by atoms with van der Waals surface area (Å²) in [5, 5.41) is 17.9. The summed E-state index contributed by atoms with van der Waals surface area (Å²) in [5.41, 5.74) is 1.50. The Hall–Kier alpha value is -3.02. The van der Waals surface area contributed by atoms with Crippen molar-refractivity contribution in [3.63, 3.8) is 0 Å². The molecule has 0 saturated heterocycles. The number of nitrogens with zero attached hydrogens (tertiary/aromatic N) is 3. The molecule has 0 fully saturated rings. The number of aromatic nitrogens is 3. The summed E-state index contributed by atoms with van der Waals surface area (Å²) < 4.78 is 7.37. The maximum Gasteiger partial charge on any atom is 0.226 e. The van der Waals surface area contributed by atoms with E-state index in [9.17, 15) is 5.11 Å². The first-order valence-electron chi connectivity index (χ1n) is 7.52. The van der Waals surface area contributed by atoms with Gasteiger partial charge in [0.05, 0.1) is 12.0 Å². The molecule has 2 aromatic heterocycles. The zero-order valence-corrected chi connectivity index (χ0v) is 12.6. The van der Waals surface area contributed by atoms with Crippen molar-refractivity contribution in [3.05, 3.63) is 65.9 Å². The summed E-state index contributed by atoms with van der Waals surface area (Å²) >= 11 is 0. The van der Waals surface area contributed by atoms with Crippen LogP contribution in [0.5, 0.6) is 5.75 Å². The van der Waals surface area contributed by atoms with Gasteiger partial charge in [0.2, 0.25) is 5.95 Å². The van der Waals surface area contributed by atoms with E-state index in [2.05, 4.69) is 15.4 Å². The third-order valence-electron chi connectivity index (χ3n) is 3.85. The average molecular weight is 308 g/mol. The molecule has 0 spiro atoms. The number of furan rings is 1. The molecule has 1 aromatic carbocycles. The first kappa shape index (κ1) is 13.6. The summed E-state index contributed by atoms with van der Waals surface area (Å²) in [5.74, 6) is 2.39. The summed E-state index contributed by atoms with van der Waals surface area (Å²) in [4.78, 5) is 4.51. The first-order chi connectivity index (χ1) is 11.3. The average Bonchev–Trinajstić information content (AvgIpc) is 3.23. The van der Waals surface area contributed by atoms with Crippen LogP contribution < -0.4 is 5.32 Å². The summed E-state index contributed by atoms with van der Waals surface area (Å²) in [6.07, 6.45) is 4.37. The fourth-order valence-electron chi connectivity index (χ4n) is 2.71. The van der Waals surface area contributed by atoms with E-state index in [-0.39, 0.29) is 11.8 Å². The number of fused-ring (bicyclic) bond motifs is 1. The van der Waals surface area contributed by atoms with Gasteiger partial charge < -0.3 is 14.8 Å². The van der Waals surface area contributed by atoms with Crippen LogP contribution in [0.4, 0.5) is 5.95 Å². The van der Waals surface area contributed by atoms with Crippen molar-refractivity contribution in [1.29, 1.82) is 0 Å². The molecule has 3 heterocycles. The van der Waals surface area contributed by atoms with Gasteiger partial charge in [-0.1, -0.05) is 19.1 Å². The van der Waals surface area contributed by atoms with E-state index in [1.807, 2.05) is 37.3 Å². The van der Waals surface area contributed by atoms with Gasteiger partial charge in [0.25, 0.3) is 0 Å². The molecule has 0 bridgehead atoms. The molecule has 1 aliphatic rings. The largest absolute Gasteiger partial charge is 0.507 e. The highest BCUT2D eigenvalue weighted by molar-refractivity contribution is 5.79. The van der Waals surface area contributed by atoms with Crippen molar-refractivity contribution >= 4 is 11.6 Å². The van der Waals surface area contributed by atoms with Crippen molar-refractivity contribution in [3.8, 4) is 5.75 Å². The maximum atomic E-state index is 10.1. The monoisotopic (exact) mass is 308 g/mol. The number of nitrogens with one attached hydrogen (secondary N) is 1. The Morgan fingerprint density at radius 3 is 2.87 bits per heavy atom. The van der Waals surface area contributed by atoms with Crippen molar-refractivity contribution < 1.29 is 9.52 Å². The number of allylic oxidation sites excluding steroid dienone is 1. The predicted octanol–water partition coefficient (Wildman–Crippen LogP) is 3.20. The summed E-state index contributed by atoms with van der Waals surface area (Å²) in [6.45, 7) is 2.01. The van der Waals surface area contributed by atoms with Crippen molar-refractivity contribution in [2.45, 2.75) is 19.4 Å². The van der Waals surface area contributed by atoms with Crippen molar-refractivity contribution in [2.24, 2.45) is 0 Å². The number of para-hydroxylation sites is 1. The minimum atomic E-state index is -0.205. The molecule has 23 heavy (non-hydrogen) atoms. The summed E-state index contributed by atoms with van der Waals surface area (Å²) in [6, 6.07) is 10.8. The lowest BCUT2D eigenvalue weighted by Crippen LogP contribution is -2.19. The number of phenols is 1. The van der Waals surface area contributed by atoms with Crippen LogP contribution in [0, 0.1) is 0 Å². The zero-order chi connectivity index (χ0) is 15.8. The molecular formula is C17H16N4O2. The number of anilines is 1. The Bertz CT molecular complexity index is 865. The van der Waals surface area contributed by atoms with Crippen LogP contribution in [-0.2, 0) is 6.42 Å². The molecule has 2 N–H and O–H groups in total. The molecule has 0 saturated carbocycles. The number of aromatic hydroxyl groups is 1. The second-order valence-corrected chi connectivity index (χ2v) is 5.33. The highest BCUT2D eigenvalue weighted by Gasteiger charge is 2.27. The second kappa shape index (κ2) is 5.31. The minimum absolute atomic E-state index is 0.205. The molecule has 0 radical (unpaired) electrons. The van der Waals surface area contributed by atoms with Crippen LogP contribution in [0.1, 0.15) is 30.1 Å². The Balaban J connectivity index is 1.85. The normalized spacial score (nSPS) is 16.6. The smallest absolute Gasteiger partial charge is 0.226 e. The van der Waals surface area contributed by atoms with Crippen LogP contribution >= 0.6 is 0 Å². The van der Waals surface area contributed by atoms with Crippen LogP contribution in [0.25, 0.3) is 5.70 Å². The molecule has 0 unspecified atom stereocenters. The number of hydrogen-bond acceptors (Lipinski definition) is 5.